The molecule has 2 rings (SSSR count). The third-order valence-electron chi connectivity index (χ3n) is 3.59. The standard InChI is InChI=1S/C19H27N5O/c1-5-10-24(11-6-2)18-12-14(3)20-19(23-18)22-17-9-7-8-16(13-17)21-15(4)25/h7-9,12-13H,5-6,10-11H2,1-4H3,(H,21,25)(H,20,22,23). The van der Waals surface area contributed by atoms with Crippen molar-refractivity contribution in [3.8, 4) is 0 Å². The van der Waals surface area contributed by atoms with Crippen LogP contribution in [0.4, 0.5) is 23.1 Å². The molecule has 0 spiro atoms. The third-order valence-corrected chi connectivity index (χ3v) is 3.59. The van der Waals surface area contributed by atoms with E-state index in [1.54, 1.807) is 0 Å². The molecule has 1 aromatic heterocycles. The number of nitrogens with zero attached hydrogens (tertiary/aromatic N) is 3. The molecule has 2 N–H and O–H groups in total. The van der Waals surface area contributed by atoms with Gasteiger partial charge >= 0.3 is 0 Å². The van der Waals surface area contributed by atoms with Crippen LogP contribution in [0.2, 0.25) is 0 Å². The lowest BCUT2D eigenvalue weighted by atomic mass is 10.2. The van der Waals surface area contributed by atoms with E-state index in [1.807, 2.05) is 37.3 Å². The highest BCUT2D eigenvalue weighted by molar-refractivity contribution is 5.89. The Labute approximate surface area is 149 Å². The first kappa shape index (κ1) is 18.7. The Balaban J connectivity index is 2.23. The molecule has 0 unspecified atom stereocenters. The largest absolute Gasteiger partial charge is 0.356 e. The van der Waals surface area contributed by atoms with Crippen molar-refractivity contribution in [2.75, 3.05) is 28.6 Å². The van der Waals surface area contributed by atoms with Crippen molar-refractivity contribution in [1.82, 2.24) is 9.97 Å². The number of hydrogen-bond acceptors (Lipinski definition) is 5. The average molecular weight is 341 g/mol. The topological polar surface area (TPSA) is 70.2 Å². The summed E-state index contributed by atoms with van der Waals surface area (Å²) in [5, 5.41) is 6.02. The number of carbonyl (C=O) groups excluding carboxylic acids is 1. The second-order valence-electron chi connectivity index (χ2n) is 6.07. The number of amides is 1. The fraction of sp³-hybridized carbons (Fsp3) is 0.421. The second kappa shape index (κ2) is 9.01. The lowest BCUT2D eigenvalue weighted by Gasteiger charge is -2.23. The maximum absolute atomic E-state index is 11.2. The highest BCUT2D eigenvalue weighted by atomic mass is 16.1. The molecular formula is C19H27N5O. The molecule has 2 aromatic rings. The Morgan fingerprint density at radius 1 is 1.08 bits per heavy atom. The highest BCUT2D eigenvalue weighted by Gasteiger charge is 2.10. The molecule has 1 heterocycles. The minimum atomic E-state index is -0.0963. The van der Waals surface area contributed by atoms with Crippen LogP contribution in [-0.2, 0) is 4.79 Å². The number of aromatic nitrogens is 2. The molecule has 0 atom stereocenters. The molecule has 6 heteroatoms. The molecular weight excluding hydrogens is 314 g/mol. The number of hydrogen-bond donors (Lipinski definition) is 2. The first-order valence-corrected chi connectivity index (χ1v) is 8.77. The summed E-state index contributed by atoms with van der Waals surface area (Å²) < 4.78 is 0. The van der Waals surface area contributed by atoms with Gasteiger partial charge in [0.15, 0.2) is 0 Å². The van der Waals surface area contributed by atoms with E-state index in [1.165, 1.54) is 6.92 Å². The minimum Gasteiger partial charge on any atom is -0.356 e. The summed E-state index contributed by atoms with van der Waals surface area (Å²) in [6.07, 6.45) is 2.15. The van der Waals surface area contributed by atoms with Crippen LogP contribution in [0.3, 0.4) is 0 Å². The zero-order valence-corrected chi connectivity index (χ0v) is 15.5. The zero-order valence-electron chi connectivity index (χ0n) is 15.5. The Bertz CT molecular complexity index is 711. The molecule has 0 bridgehead atoms. The number of anilines is 4. The summed E-state index contributed by atoms with van der Waals surface area (Å²) in [7, 11) is 0. The summed E-state index contributed by atoms with van der Waals surface area (Å²) in [6, 6.07) is 9.53. The quantitative estimate of drug-likeness (QED) is 0.756. The van der Waals surface area contributed by atoms with Gasteiger partial charge in [-0.2, -0.15) is 4.98 Å². The van der Waals surface area contributed by atoms with E-state index >= 15 is 0 Å². The van der Waals surface area contributed by atoms with Gasteiger partial charge in [-0.05, 0) is 38.0 Å². The monoisotopic (exact) mass is 341 g/mol. The molecule has 0 radical (unpaired) electrons. The van der Waals surface area contributed by atoms with Gasteiger partial charge in [0.2, 0.25) is 11.9 Å². The van der Waals surface area contributed by atoms with Crippen LogP contribution in [0.15, 0.2) is 30.3 Å². The van der Waals surface area contributed by atoms with Gasteiger partial charge in [0, 0.05) is 43.1 Å². The Morgan fingerprint density at radius 2 is 1.76 bits per heavy atom. The van der Waals surface area contributed by atoms with Gasteiger partial charge in [-0.3, -0.25) is 4.79 Å². The fourth-order valence-corrected chi connectivity index (χ4v) is 2.66. The molecule has 1 amide bonds. The van der Waals surface area contributed by atoms with Crippen molar-refractivity contribution in [3.63, 3.8) is 0 Å². The third kappa shape index (κ3) is 5.74. The molecule has 0 fully saturated rings. The predicted molar refractivity (Wildman–Crippen MR) is 104 cm³/mol. The first-order valence-electron chi connectivity index (χ1n) is 8.77. The average Bonchev–Trinajstić information content (AvgIpc) is 2.54. The molecule has 6 nitrogen and oxygen atoms in total. The van der Waals surface area contributed by atoms with Crippen LogP contribution in [0.5, 0.6) is 0 Å². The molecule has 1 aromatic carbocycles. The maximum atomic E-state index is 11.2. The first-order chi connectivity index (χ1) is 12.0. The Morgan fingerprint density at radius 3 is 2.40 bits per heavy atom. The fourth-order valence-electron chi connectivity index (χ4n) is 2.66. The van der Waals surface area contributed by atoms with Gasteiger partial charge in [0.1, 0.15) is 5.82 Å². The normalized spacial score (nSPS) is 10.4. The summed E-state index contributed by atoms with van der Waals surface area (Å²) >= 11 is 0. The van der Waals surface area contributed by atoms with E-state index in [-0.39, 0.29) is 5.91 Å². The SMILES string of the molecule is CCCN(CCC)c1cc(C)nc(Nc2cccc(NC(C)=O)c2)n1. The molecule has 134 valence electrons. The lowest BCUT2D eigenvalue weighted by Crippen LogP contribution is -2.26. The summed E-state index contributed by atoms with van der Waals surface area (Å²) in [6.45, 7) is 9.75. The molecule has 0 saturated heterocycles. The van der Waals surface area contributed by atoms with E-state index in [0.29, 0.717) is 5.95 Å². The summed E-state index contributed by atoms with van der Waals surface area (Å²) in [4.78, 5) is 22.7. The smallest absolute Gasteiger partial charge is 0.229 e. The van der Waals surface area contributed by atoms with Crippen LogP contribution in [-0.4, -0.2) is 29.0 Å². The lowest BCUT2D eigenvalue weighted by molar-refractivity contribution is -0.114. The van der Waals surface area contributed by atoms with Crippen molar-refractivity contribution in [3.05, 3.63) is 36.0 Å². The molecule has 25 heavy (non-hydrogen) atoms. The van der Waals surface area contributed by atoms with Crippen molar-refractivity contribution >= 4 is 29.0 Å². The van der Waals surface area contributed by atoms with E-state index in [9.17, 15) is 4.79 Å². The van der Waals surface area contributed by atoms with Crippen LogP contribution in [0.25, 0.3) is 0 Å². The number of rotatable bonds is 8. The van der Waals surface area contributed by atoms with Gasteiger partial charge in [0.05, 0.1) is 0 Å². The molecule has 0 aliphatic carbocycles. The molecule has 0 aliphatic rings. The van der Waals surface area contributed by atoms with Crippen LogP contribution in [0.1, 0.15) is 39.3 Å². The maximum Gasteiger partial charge on any atom is 0.229 e. The minimum absolute atomic E-state index is 0.0963. The van der Waals surface area contributed by atoms with Gasteiger partial charge < -0.3 is 15.5 Å². The van der Waals surface area contributed by atoms with Crippen molar-refractivity contribution in [2.24, 2.45) is 0 Å². The Kier molecular flexibility index (Phi) is 6.74. The van der Waals surface area contributed by atoms with E-state index in [2.05, 4.69) is 39.3 Å². The number of benzene rings is 1. The van der Waals surface area contributed by atoms with Crippen LogP contribution >= 0.6 is 0 Å². The number of aryl methyl sites for hydroxylation is 1. The van der Waals surface area contributed by atoms with Crippen molar-refractivity contribution in [1.29, 1.82) is 0 Å². The molecule has 0 saturated carbocycles. The van der Waals surface area contributed by atoms with Gasteiger partial charge in [-0.25, -0.2) is 4.98 Å². The predicted octanol–water partition coefficient (Wildman–Crippen LogP) is 4.11. The van der Waals surface area contributed by atoms with E-state index in [0.717, 1.165) is 48.8 Å². The zero-order chi connectivity index (χ0) is 18.2. The summed E-state index contributed by atoms with van der Waals surface area (Å²) in [5.74, 6) is 1.41. The van der Waals surface area contributed by atoms with E-state index in [4.69, 9.17) is 0 Å². The number of carbonyl (C=O) groups is 1. The van der Waals surface area contributed by atoms with Gasteiger partial charge in [-0.15, -0.1) is 0 Å². The van der Waals surface area contributed by atoms with Crippen LogP contribution < -0.4 is 15.5 Å². The van der Waals surface area contributed by atoms with E-state index < -0.39 is 0 Å². The summed E-state index contributed by atoms with van der Waals surface area (Å²) in [5.41, 5.74) is 2.49. The van der Waals surface area contributed by atoms with Gasteiger partial charge in [0.25, 0.3) is 0 Å². The number of nitrogens with one attached hydrogen (secondary N) is 2. The van der Waals surface area contributed by atoms with Crippen molar-refractivity contribution < 1.29 is 4.79 Å². The second-order valence-corrected chi connectivity index (χ2v) is 6.07. The van der Waals surface area contributed by atoms with Gasteiger partial charge in [-0.1, -0.05) is 19.9 Å². The Hall–Kier alpha value is -2.63. The van der Waals surface area contributed by atoms with Crippen molar-refractivity contribution in [2.45, 2.75) is 40.5 Å². The molecule has 0 aliphatic heterocycles. The van der Waals surface area contributed by atoms with Crippen LogP contribution in [0, 0.1) is 6.92 Å². The highest BCUT2D eigenvalue weighted by Crippen LogP contribution is 2.21.